The van der Waals surface area contributed by atoms with Crippen LogP contribution in [0.25, 0.3) is 0 Å². The second kappa shape index (κ2) is 8.44. The second-order valence-electron chi connectivity index (χ2n) is 4.64. The Hall–Kier alpha value is 0.350. The van der Waals surface area contributed by atoms with Gasteiger partial charge in [-0.25, -0.2) is 0 Å². The molecule has 1 rings (SSSR count). The predicted molar refractivity (Wildman–Crippen MR) is 71.9 cm³/mol. The summed E-state index contributed by atoms with van der Waals surface area (Å²) in [6, 6.07) is 0. The summed E-state index contributed by atoms with van der Waals surface area (Å²) in [6.45, 7) is 7.73. The van der Waals surface area contributed by atoms with Gasteiger partial charge in [0.2, 0.25) is 0 Å². The Labute approximate surface area is 102 Å². The molecule has 0 aromatic heterocycles. The van der Waals surface area contributed by atoms with Gasteiger partial charge in [0.1, 0.15) is 0 Å². The standard InChI is InChI=1S/C13H27O2P/c1-3-14-9-5-13(6-10-15-4-2)7-11-16-12-8-13/h16H,3-12H2,1-2H3. The highest BCUT2D eigenvalue weighted by Crippen LogP contribution is 2.43. The van der Waals surface area contributed by atoms with Crippen molar-refractivity contribution in [1.82, 2.24) is 0 Å². The molecular weight excluding hydrogens is 219 g/mol. The summed E-state index contributed by atoms with van der Waals surface area (Å²) in [7, 11) is 1.20. The summed E-state index contributed by atoms with van der Waals surface area (Å²) >= 11 is 0. The van der Waals surface area contributed by atoms with Gasteiger partial charge in [0, 0.05) is 26.4 Å². The first kappa shape index (κ1) is 14.4. The maximum absolute atomic E-state index is 5.53. The van der Waals surface area contributed by atoms with Crippen molar-refractivity contribution in [3.8, 4) is 0 Å². The first-order chi connectivity index (χ1) is 7.83. The van der Waals surface area contributed by atoms with Crippen molar-refractivity contribution in [1.29, 1.82) is 0 Å². The van der Waals surface area contributed by atoms with Crippen LogP contribution in [0.3, 0.4) is 0 Å². The van der Waals surface area contributed by atoms with Crippen LogP contribution >= 0.6 is 8.58 Å². The molecule has 0 atom stereocenters. The molecule has 1 aliphatic heterocycles. The zero-order valence-corrected chi connectivity index (χ0v) is 11.9. The summed E-state index contributed by atoms with van der Waals surface area (Å²) in [6.07, 6.45) is 8.12. The summed E-state index contributed by atoms with van der Waals surface area (Å²) in [5.74, 6) is 0. The molecule has 0 spiro atoms. The van der Waals surface area contributed by atoms with E-state index in [0.29, 0.717) is 5.41 Å². The first-order valence-corrected chi connectivity index (χ1v) is 8.10. The van der Waals surface area contributed by atoms with E-state index in [1.165, 1.54) is 46.6 Å². The topological polar surface area (TPSA) is 18.5 Å². The Balaban J connectivity index is 2.33. The van der Waals surface area contributed by atoms with Crippen LogP contribution in [-0.4, -0.2) is 38.8 Å². The Morgan fingerprint density at radius 3 is 1.88 bits per heavy atom. The van der Waals surface area contributed by atoms with Gasteiger partial charge in [-0.15, -0.1) is 8.58 Å². The van der Waals surface area contributed by atoms with Crippen molar-refractivity contribution in [2.24, 2.45) is 5.41 Å². The molecular formula is C13H27O2P. The highest BCUT2D eigenvalue weighted by molar-refractivity contribution is 7.38. The molecule has 0 aromatic rings. The van der Waals surface area contributed by atoms with E-state index in [4.69, 9.17) is 9.47 Å². The fourth-order valence-electron chi connectivity index (χ4n) is 2.45. The molecule has 1 aliphatic rings. The lowest BCUT2D eigenvalue weighted by Crippen LogP contribution is -2.29. The van der Waals surface area contributed by atoms with E-state index in [2.05, 4.69) is 13.8 Å². The lowest BCUT2D eigenvalue weighted by molar-refractivity contribution is 0.0598. The average Bonchev–Trinajstić information content (AvgIpc) is 2.31. The molecule has 0 aliphatic carbocycles. The molecule has 0 bridgehead atoms. The number of ether oxygens (including phenoxy) is 2. The van der Waals surface area contributed by atoms with Gasteiger partial charge in [-0.05, 0) is 57.3 Å². The third-order valence-corrected chi connectivity index (χ3v) is 4.83. The first-order valence-electron chi connectivity index (χ1n) is 6.69. The van der Waals surface area contributed by atoms with Crippen LogP contribution in [0.15, 0.2) is 0 Å². The molecule has 16 heavy (non-hydrogen) atoms. The predicted octanol–water partition coefficient (Wildman–Crippen LogP) is 3.30. The molecule has 0 N–H and O–H groups in total. The Morgan fingerprint density at radius 2 is 1.44 bits per heavy atom. The van der Waals surface area contributed by atoms with Crippen molar-refractivity contribution >= 4 is 8.58 Å². The molecule has 96 valence electrons. The highest BCUT2D eigenvalue weighted by atomic mass is 31.1. The number of hydrogen-bond acceptors (Lipinski definition) is 2. The van der Waals surface area contributed by atoms with E-state index in [9.17, 15) is 0 Å². The van der Waals surface area contributed by atoms with Gasteiger partial charge in [0.25, 0.3) is 0 Å². The van der Waals surface area contributed by atoms with Gasteiger partial charge in [0.05, 0.1) is 0 Å². The Bertz CT molecular complexity index is 155. The smallest absolute Gasteiger partial charge is 0.0471 e. The average molecular weight is 246 g/mol. The van der Waals surface area contributed by atoms with E-state index in [1.54, 1.807) is 0 Å². The minimum atomic E-state index is 0.537. The molecule has 0 aromatic carbocycles. The molecule has 0 saturated carbocycles. The minimum absolute atomic E-state index is 0.537. The summed E-state index contributed by atoms with van der Waals surface area (Å²) in [4.78, 5) is 0. The van der Waals surface area contributed by atoms with Crippen molar-refractivity contribution in [3.63, 3.8) is 0 Å². The van der Waals surface area contributed by atoms with Gasteiger partial charge in [-0.2, -0.15) is 0 Å². The van der Waals surface area contributed by atoms with Crippen LogP contribution in [0, 0.1) is 5.41 Å². The normalized spacial score (nSPS) is 19.9. The van der Waals surface area contributed by atoms with Crippen LogP contribution in [0.4, 0.5) is 0 Å². The zero-order chi connectivity index (χ0) is 11.7. The lowest BCUT2D eigenvalue weighted by Gasteiger charge is -2.37. The van der Waals surface area contributed by atoms with E-state index in [0.717, 1.165) is 26.4 Å². The summed E-state index contributed by atoms with van der Waals surface area (Å²) in [5, 5.41) is 0. The number of rotatable bonds is 8. The van der Waals surface area contributed by atoms with Crippen LogP contribution in [0.1, 0.15) is 39.5 Å². The second-order valence-corrected chi connectivity index (χ2v) is 6.14. The molecule has 1 saturated heterocycles. The van der Waals surface area contributed by atoms with E-state index < -0.39 is 0 Å². The summed E-state index contributed by atoms with van der Waals surface area (Å²) in [5.41, 5.74) is 0.537. The van der Waals surface area contributed by atoms with E-state index >= 15 is 0 Å². The maximum Gasteiger partial charge on any atom is 0.0471 e. The van der Waals surface area contributed by atoms with Crippen molar-refractivity contribution in [2.75, 3.05) is 38.8 Å². The van der Waals surface area contributed by atoms with E-state index in [1.807, 2.05) is 0 Å². The monoisotopic (exact) mass is 246 g/mol. The van der Waals surface area contributed by atoms with Crippen LogP contribution in [0.2, 0.25) is 0 Å². The minimum Gasteiger partial charge on any atom is -0.382 e. The number of hydrogen-bond donors (Lipinski definition) is 0. The molecule has 3 heteroatoms. The van der Waals surface area contributed by atoms with Gasteiger partial charge in [0.15, 0.2) is 0 Å². The molecule has 1 heterocycles. The van der Waals surface area contributed by atoms with Gasteiger partial charge in [-0.3, -0.25) is 0 Å². The SMILES string of the molecule is CCOCCC1(CCOCC)CCPCC1. The molecule has 0 unspecified atom stereocenters. The van der Waals surface area contributed by atoms with Crippen molar-refractivity contribution in [2.45, 2.75) is 39.5 Å². The van der Waals surface area contributed by atoms with Crippen LogP contribution in [-0.2, 0) is 9.47 Å². The highest BCUT2D eigenvalue weighted by Gasteiger charge is 2.31. The summed E-state index contributed by atoms with van der Waals surface area (Å²) < 4.78 is 11.1. The van der Waals surface area contributed by atoms with Crippen molar-refractivity contribution < 1.29 is 9.47 Å². The molecule has 1 fully saturated rings. The molecule has 2 nitrogen and oxygen atoms in total. The quantitative estimate of drug-likeness (QED) is 0.483. The van der Waals surface area contributed by atoms with E-state index in [-0.39, 0.29) is 0 Å². The molecule has 0 radical (unpaired) electrons. The fraction of sp³-hybridized carbons (Fsp3) is 1.00. The third-order valence-electron chi connectivity index (χ3n) is 3.63. The van der Waals surface area contributed by atoms with Crippen LogP contribution in [0.5, 0.6) is 0 Å². The fourth-order valence-corrected chi connectivity index (χ4v) is 4.11. The van der Waals surface area contributed by atoms with Crippen molar-refractivity contribution in [3.05, 3.63) is 0 Å². The molecule has 0 amide bonds. The largest absolute Gasteiger partial charge is 0.382 e. The Kier molecular flexibility index (Phi) is 7.60. The van der Waals surface area contributed by atoms with Gasteiger partial charge < -0.3 is 9.47 Å². The zero-order valence-electron chi connectivity index (χ0n) is 10.9. The Morgan fingerprint density at radius 1 is 0.938 bits per heavy atom. The lowest BCUT2D eigenvalue weighted by atomic mass is 9.76. The maximum atomic E-state index is 5.53. The van der Waals surface area contributed by atoms with Gasteiger partial charge >= 0.3 is 0 Å². The third kappa shape index (κ3) is 5.12. The van der Waals surface area contributed by atoms with Crippen LogP contribution < -0.4 is 0 Å². The van der Waals surface area contributed by atoms with Gasteiger partial charge in [-0.1, -0.05) is 0 Å².